The Balaban J connectivity index is 1.87. The van der Waals surface area contributed by atoms with Gasteiger partial charge in [-0.1, -0.05) is 36.4 Å². The second kappa shape index (κ2) is 8.19. The lowest BCUT2D eigenvalue weighted by Crippen LogP contribution is -2.12. The van der Waals surface area contributed by atoms with Crippen LogP contribution in [0.2, 0.25) is 0 Å². The van der Waals surface area contributed by atoms with Crippen molar-refractivity contribution in [3.8, 4) is 11.5 Å². The van der Waals surface area contributed by atoms with Crippen molar-refractivity contribution in [2.75, 3.05) is 0 Å². The molecule has 0 saturated heterocycles. The van der Waals surface area contributed by atoms with Crippen LogP contribution in [0.5, 0.6) is 11.5 Å². The van der Waals surface area contributed by atoms with Gasteiger partial charge in [0.15, 0.2) is 0 Å². The molecular weight excluding hydrogens is 344 g/mol. The molecule has 27 heavy (non-hydrogen) atoms. The van der Waals surface area contributed by atoms with E-state index in [-0.39, 0.29) is 22.6 Å². The van der Waals surface area contributed by atoms with Crippen molar-refractivity contribution in [2.24, 2.45) is 0 Å². The monoisotopic (exact) mass is 362 g/mol. The molecule has 3 aromatic carbocycles. The summed E-state index contributed by atoms with van der Waals surface area (Å²) in [4.78, 5) is 24.0. The highest BCUT2D eigenvalue weighted by Gasteiger charge is 2.18. The van der Waals surface area contributed by atoms with Crippen molar-refractivity contribution in [3.63, 3.8) is 0 Å². The molecule has 3 aromatic rings. The minimum Gasteiger partial charge on any atom is -0.508 e. The minimum absolute atomic E-state index is 0.0444. The van der Waals surface area contributed by atoms with E-state index >= 15 is 0 Å². The number of ether oxygens (including phenoxy) is 1. The van der Waals surface area contributed by atoms with Crippen LogP contribution in [0.1, 0.15) is 31.8 Å². The SMILES string of the molecule is O=C(Oc1cccc(C(=O)O)c1CCc1ccccc1)c1ccc(O)cc1. The average molecular weight is 362 g/mol. The molecule has 0 unspecified atom stereocenters. The van der Waals surface area contributed by atoms with E-state index in [0.717, 1.165) is 5.56 Å². The average Bonchev–Trinajstić information content (AvgIpc) is 2.68. The van der Waals surface area contributed by atoms with E-state index in [1.165, 1.54) is 30.3 Å². The van der Waals surface area contributed by atoms with Crippen molar-refractivity contribution >= 4 is 11.9 Å². The van der Waals surface area contributed by atoms with Gasteiger partial charge in [0.05, 0.1) is 11.1 Å². The molecule has 3 rings (SSSR count). The van der Waals surface area contributed by atoms with E-state index in [0.29, 0.717) is 18.4 Å². The highest BCUT2D eigenvalue weighted by Crippen LogP contribution is 2.26. The molecular formula is C22H18O5. The molecule has 0 aliphatic carbocycles. The zero-order valence-corrected chi connectivity index (χ0v) is 14.5. The van der Waals surface area contributed by atoms with Crippen molar-refractivity contribution in [2.45, 2.75) is 12.8 Å². The van der Waals surface area contributed by atoms with Crippen molar-refractivity contribution in [1.82, 2.24) is 0 Å². The number of esters is 1. The Labute approximate surface area is 156 Å². The van der Waals surface area contributed by atoms with E-state index in [1.54, 1.807) is 12.1 Å². The molecule has 0 spiro atoms. The maximum atomic E-state index is 12.4. The first-order valence-corrected chi connectivity index (χ1v) is 8.45. The molecule has 0 atom stereocenters. The maximum absolute atomic E-state index is 12.4. The van der Waals surface area contributed by atoms with E-state index in [1.807, 2.05) is 30.3 Å². The molecule has 0 fully saturated rings. The van der Waals surface area contributed by atoms with E-state index in [2.05, 4.69) is 0 Å². The highest BCUT2D eigenvalue weighted by molar-refractivity contribution is 5.93. The fourth-order valence-electron chi connectivity index (χ4n) is 2.79. The first kappa shape index (κ1) is 18.2. The van der Waals surface area contributed by atoms with Gasteiger partial charge in [0.25, 0.3) is 0 Å². The van der Waals surface area contributed by atoms with Gasteiger partial charge in [0.1, 0.15) is 11.5 Å². The van der Waals surface area contributed by atoms with Crippen LogP contribution in [0.3, 0.4) is 0 Å². The number of aryl methyl sites for hydroxylation is 1. The number of hydrogen-bond acceptors (Lipinski definition) is 4. The molecule has 0 heterocycles. The lowest BCUT2D eigenvalue weighted by Gasteiger charge is -2.13. The first-order chi connectivity index (χ1) is 13.0. The summed E-state index contributed by atoms with van der Waals surface area (Å²) in [5.74, 6) is -1.41. The van der Waals surface area contributed by atoms with Gasteiger partial charge < -0.3 is 14.9 Å². The summed E-state index contributed by atoms with van der Waals surface area (Å²) in [5, 5.41) is 18.8. The molecule has 2 N–H and O–H groups in total. The van der Waals surface area contributed by atoms with Crippen molar-refractivity contribution < 1.29 is 24.5 Å². The molecule has 5 heteroatoms. The quantitative estimate of drug-likeness (QED) is 0.510. The van der Waals surface area contributed by atoms with Gasteiger partial charge >= 0.3 is 11.9 Å². The highest BCUT2D eigenvalue weighted by atomic mass is 16.5. The normalized spacial score (nSPS) is 10.4. The molecule has 0 radical (unpaired) electrons. The Morgan fingerprint density at radius 3 is 2.19 bits per heavy atom. The third kappa shape index (κ3) is 4.52. The summed E-state index contributed by atoms with van der Waals surface area (Å²) < 4.78 is 5.47. The predicted molar refractivity (Wildman–Crippen MR) is 100 cm³/mol. The largest absolute Gasteiger partial charge is 0.508 e. The smallest absolute Gasteiger partial charge is 0.343 e. The van der Waals surface area contributed by atoms with Gasteiger partial charge in [-0.15, -0.1) is 0 Å². The van der Waals surface area contributed by atoms with Gasteiger partial charge in [-0.25, -0.2) is 9.59 Å². The number of carboxylic acid groups (broad SMARTS) is 1. The Kier molecular flexibility index (Phi) is 5.52. The predicted octanol–water partition coefficient (Wildman–Crippen LogP) is 4.09. The first-order valence-electron chi connectivity index (χ1n) is 8.45. The van der Waals surface area contributed by atoms with Crippen LogP contribution in [0, 0.1) is 0 Å². The summed E-state index contributed by atoms with van der Waals surface area (Å²) in [6.07, 6.45) is 1.04. The van der Waals surface area contributed by atoms with Gasteiger partial charge in [0.2, 0.25) is 0 Å². The molecule has 0 amide bonds. The number of aromatic hydroxyl groups is 1. The fourth-order valence-corrected chi connectivity index (χ4v) is 2.79. The van der Waals surface area contributed by atoms with Crippen LogP contribution in [0.4, 0.5) is 0 Å². The van der Waals surface area contributed by atoms with Gasteiger partial charge in [-0.05, 0) is 54.8 Å². The number of aromatic carboxylic acids is 1. The molecule has 0 aliphatic heterocycles. The zero-order valence-electron chi connectivity index (χ0n) is 14.5. The van der Waals surface area contributed by atoms with Crippen molar-refractivity contribution in [1.29, 1.82) is 0 Å². The van der Waals surface area contributed by atoms with Crippen LogP contribution in [-0.4, -0.2) is 22.2 Å². The maximum Gasteiger partial charge on any atom is 0.343 e. The third-order valence-electron chi connectivity index (χ3n) is 4.18. The molecule has 0 saturated carbocycles. The lowest BCUT2D eigenvalue weighted by atomic mass is 9.98. The second-order valence-corrected chi connectivity index (χ2v) is 6.01. The van der Waals surface area contributed by atoms with Crippen LogP contribution >= 0.6 is 0 Å². The van der Waals surface area contributed by atoms with E-state index in [4.69, 9.17) is 4.74 Å². The lowest BCUT2D eigenvalue weighted by molar-refractivity contribution is 0.0685. The summed E-state index contributed by atoms with van der Waals surface area (Å²) in [7, 11) is 0. The number of rotatable bonds is 6. The van der Waals surface area contributed by atoms with Gasteiger partial charge in [0, 0.05) is 5.56 Å². The topological polar surface area (TPSA) is 83.8 Å². The summed E-state index contributed by atoms with van der Waals surface area (Å²) in [5.41, 5.74) is 1.92. The molecule has 0 bridgehead atoms. The number of phenols is 1. The number of carboxylic acids is 1. The summed E-state index contributed by atoms with van der Waals surface area (Å²) >= 11 is 0. The van der Waals surface area contributed by atoms with E-state index < -0.39 is 11.9 Å². The van der Waals surface area contributed by atoms with Gasteiger partial charge in [-0.3, -0.25) is 0 Å². The minimum atomic E-state index is -1.07. The Morgan fingerprint density at radius 2 is 1.52 bits per heavy atom. The molecule has 0 aliphatic rings. The fraction of sp³-hybridized carbons (Fsp3) is 0.0909. The zero-order chi connectivity index (χ0) is 19.2. The standard InChI is InChI=1S/C22H18O5/c23-17-12-10-16(11-13-17)22(26)27-20-8-4-7-19(21(24)25)18(20)14-9-15-5-2-1-3-6-15/h1-8,10-13,23H,9,14H2,(H,24,25). The molecule has 136 valence electrons. The van der Waals surface area contributed by atoms with Crippen LogP contribution < -0.4 is 4.74 Å². The van der Waals surface area contributed by atoms with Gasteiger partial charge in [-0.2, -0.15) is 0 Å². The van der Waals surface area contributed by atoms with Crippen LogP contribution in [0.15, 0.2) is 72.8 Å². The van der Waals surface area contributed by atoms with Crippen LogP contribution in [-0.2, 0) is 12.8 Å². The number of carbonyl (C=O) groups excluding carboxylic acids is 1. The number of benzene rings is 3. The molecule has 5 nitrogen and oxygen atoms in total. The summed E-state index contributed by atoms with van der Waals surface area (Å²) in [6, 6.07) is 20.0. The second-order valence-electron chi connectivity index (χ2n) is 6.01. The van der Waals surface area contributed by atoms with Crippen molar-refractivity contribution in [3.05, 3.63) is 95.1 Å². The Morgan fingerprint density at radius 1 is 0.815 bits per heavy atom. The Hall–Kier alpha value is -3.60. The molecule has 0 aromatic heterocycles. The number of hydrogen-bond donors (Lipinski definition) is 2. The van der Waals surface area contributed by atoms with E-state index in [9.17, 15) is 19.8 Å². The van der Waals surface area contributed by atoms with Crippen LogP contribution in [0.25, 0.3) is 0 Å². The number of phenolic OH excluding ortho intramolecular Hbond substituents is 1. The summed E-state index contributed by atoms with van der Waals surface area (Å²) in [6.45, 7) is 0. The third-order valence-corrected chi connectivity index (χ3v) is 4.18. The number of carbonyl (C=O) groups is 2. The Bertz CT molecular complexity index is 946.